The molecule has 1 rings (SSSR count). The Bertz CT molecular complexity index is 301. The molecule has 0 radical (unpaired) electrons. The van der Waals surface area contributed by atoms with Crippen LogP contribution in [0.2, 0.25) is 5.15 Å². The van der Waals surface area contributed by atoms with Crippen LogP contribution in [0.15, 0.2) is 16.7 Å². The molecule has 0 saturated carbocycles. The van der Waals surface area contributed by atoms with Crippen LogP contribution in [-0.2, 0) is 0 Å². The first-order chi connectivity index (χ1) is 6.69. The molecule has 0 fully saturated rings. The molecule has 0 aliphatic rings. The molecule has 0 N–H and O–H groups in total. The maximum absolute atomic E-state index is 5.89. The van der Waals surface area contributed by atoms with Gasteiger partial charge in [0.05, 0.1) is 0 Å². The van der Waals surface area contributed by atoms with Gasteiger partial charge in [0.15, 0.2) is 0 Å². The van der Waals surface area contributed by atoms with E-state index in [0.29, 0.717) is 11.1 Å². The number of halogens is 2. The summed E-state index contributed by atoms with van der Waals surface area (Å²) in [7, 11) is 0. The molecule has 1 nitrogen and oxygen atoms in total. The summed E-state index contributed by atoms with van der Waals surface area (Å²) in [6.45, 7) is 4.42. The van der Waals surface area contributed by atoms with E-state index < -0.39 is 0 Å². The fourth-order valence-corrected chi connectivity index (χ4v) is 2.38. The molecule has 1 unspecified atom stereocenters. The van der Waals surface area contributed by atoms with E-state index in [-0.39, 0.29) is 0 Å². The number of rotatable bonds is 4. The Hall–Kier alpha value is -0.0800. The molecule has 1 atom stereocenters. The number of nitrogens with zero attached hydrogens (tertiary/aromatic N) is 1. The maximum atomic E-state index is 5.89. The second-order valence-electron chi connectivity index (χ2n) is 3.42. The minimum atomic E-state index is 0.581. The normalized spacial score (nSPS) is 12.9. The van der Waals surface area contributed by atoms with Gasteiger partial charge in [0.1, 0.15) is 5.15 Å². The SMILES string of the molecule is CCCC(CC)c1cc(Cl)ncc1Br. The third-order valence-corrected chi connectivity index (χ3v) is 3.29. The monoisotopic (exact) mass is 275 g/mol. The Morgan fingerprint density at radius 1 is 1.50 bits per heavy atom. The minimum absolute atomic E-state index is 0.581. The van der Waals surface area contributed by atoms with Gasteiger partial charge in [0, 0.05) is 10.7 Å². The Morgan fingerprint density at radius 3 is 2.79 bits per heavy atom. The molecule has 14 heavy (non-hydrogen) atoms. The first kappa shape index (κ1) is 12.0. The Morgan fingerprint density at radius 2 is 2.21 bits per heavy atom. The van der Waals surface area contributed by atoms with Crippen molar-refractivity contribution in [1.82, 2.24) is 4.98 Å². The van der Waals surface area contributed by atoms with Crippen molar-refractivity contribution >= 4 is 27.5 Å². The molecule has 0 aliphatic heterocycles. The predicted molar refractivity (Wildman–Crippen MR) is 64.9 cm³/mol. The average molecular weight is 277 g/mol. The molecule has 0 bridgehead atoms. The van der Waals surface area contributed by atoms with Crippen molar-refractivity contribution in [1.29, 1.82) is 0 Å². The van der Waals surface area contributed by atoms with Gasteiger partial charge in [-0.3, -0.25) is 0 Å². The molecule has 78 valence electrons. The highest BCUT2D eigenvalue weighted by atomic mass is 79.9. The van der Waals surface area contributed by atoms with Crippen LogP contribution in [-0.4, -0.2) is 4.98 Å². The van der Waals surface area contributed by atoms with Crippen LogP contribution in [0.3, 0.4) is 0 Å². The van der Waals surface area contributed by atoms with Crippen LogP contribution in [0.5, 0.6) is 0 Å². The van der Waals surface area contributed by atoms with Crippen molar-refractivity contribution in [2.45, 2.75) is 39.0 Å². The number of hydrogen-bond donors (Lipinski definition) is 0. The first-order valence-corrected chi connectivity index (χ1v) is 6.17. The molecule has 0 aromatic carbocycles. The van der Waals surface area contributed by atoms with Gasteiger partial charge in [0.2, 0.25) is 0 Å². The van der Waals surface area contributed by atoms with Gasteiger partial charge in [0.25, 0.3) is 0 Å². The predicted octanol–water partition coefficient (Wildman–Crippen LogP) is 4.79. The van der Waals surface area contributed by atoms with Gasteiger partial charge in [-0.1, -0.05) is 31.9 Å². The zero-order valence-electron chi connectivity index (χ0n) is 8.56. The Kier molecular flexibility index (Phi) is 4.90. The lowest BCUT2D eigenvalue weighted by Gasteiger charge is -2.15. The highest BCUT2D eigenvalue weighted by molar-refractivity contribution is 9.10. The minimum Gasteiger partial charge on any atom is -0.243 e. The highest BCUT2D eigenvalue weighted by Gasteiger charge is 2.12. The smallest absolute Gasteiger partial charge is 0.129 e. The van der Waals surface area contributed by atoms with Crippen molar-refractivity contribution in [3.05, 3.63) is 27.5 Å². The standard InChI is InChI=1S/C11H15BrClN/c1-3-5-8(4-2)9-6-11(13)14-7-10(9)12/h6-8H,3-5H2,1-2H3. The molecule has 3 heteroatoms. The fourth-order valence-electron chi connectivity index (χ4n) is 1.67. The van der Waals surface area contributed by atoms with Crippen molar-refractivity contribution in [2.24, 2.45) is 0 Å². The first-order valence-electron chi connectivity index (χ1n) is 5.00. The van der Waals surface area contributed by atoms with E-state index in [0.717, 1.165) is 10.9 Å². The van der Waals surface area contributed by atoms with Crippen molar-refractivity contribution in [2.75, 3.05) is 0 Å². The largest absolute Gasteiger partial charge is 0.243 e. The highest BCUT2D eigenvalue weighted by Crippen LogP contribution is 2.31. The summed E-state index contributed by atoms with van der Waals surface area (Å²) in [5, 5.41) is 0.581. The zero-order chi connectivity index (χ0) is 10.6. The molecule has 0 spiro atoms. The van der Waals surface area contributed by atoms with Crippen LogP contribution in [0.1, 0.15) is 44.6 Å². The van der Waals surface area contributed by atoms with Gasteiger partial charge >= 0.3 is 0 Å². The molecule has 1 heterocycles. The quantitative estimate of drug-likeness (QED) is 0.721. The summed E-state index contributed by atoms with van der Waals surface area (Å²) in [4.78, 5) is 4.03. The van der Waals surface area contributed by atoms with E-state index in [2.05, 4.69) is 34.8 Å². The topological polar surface area (TPSA) is 12.9 Å². The van der Waals surface area contributed by atoms with Crippen molar-refractivity contribution in [3.8, 4) is 0 Å². The van der Waals surface area contributed by atoms with E-state index in [1.54, 1.807) is 6.20 Å². The molecular weight excluding hydrogens is 261 g/mol. The van der Waals surface area contributed by atoms with Crippen LogP contribution in [0.25, 0.3) is 0 Å². The molecule has 1 aromatic rings. The zero-order valence-corrected chi connectivity index (χ0v) is 10.9. The summed E-state index contributed by atoms with van der Waals surface area (Å²) in [6.07, 6.45) is 5.34. The molecule has 1 aromatic heterocycles. The molecule has 0 saturated heterocycles. The van der Waals surface area contributed by atoms with Gasteiger partial charge in [-0.15, -0.1) is 0 Å². The second kappa shape index (κ2) is 5.72. The van der Waals surface area contributed by atoms with Crippen molar-refractivity contribution < 1.29 is 0 Å². The van der Waals surface area contributed by atoms with Gasteiger partial charge < -0.3 is 0 Å². The van der Waals surface area contributed by atoms with E-state index in [9.17, 15) is 0 Å². The lowest BCUT2D eigenvalue weighted by molar-refractivity contribution is 0.593. The summed E-state index contributed by atoms with van der Waals surface area (Å²) in [6, 6.07) is 1.97. The summed E-state index contributed by atoms with van der Waals surface area (Å²) in [5.74, 6) is 0.592. The van der Waals surface area contributed by atoms with E-state index >= 15 is 0 Å². The summed E-state index contributed by atoms with van der Waals surface area (Å²) >= 11 is 9.41. The van der Waals surface area contributed by atoms with E-state index in [1.165, 1.54) is 18.4 Å². The van der Waals surface area contributed by atoms with Crippen molar-refractivity contribution in [3.63, 3.8) is 0 Å². The van der Waals surface area contributed by atoms with Crippen LogP contribution in [0.4, 0.5) is 0 Å². The lowest BCUT2D eigenvalue weighted by atomic mass is 9.93. The van der Waals surface area contributed by atoms with Crippen LogP contribution >= 0.6 is 27.5 Å². The van der Waals surface area contributed by atoms with E-state index in [1.807, 2.05) is 6.07 Å². The third-order valence-electron chi connectivity index (χ3n) is 2.42. The average Bonchev–Trinajstić information content (AvgIpc) is 2.18. The number of pyridine rings is 1. The van der Waals surface area contributed by atoms with Gasteiger partial charge in [-0.2, -0.15) is 0 Å². The second-order valence-corrected chi connectivity index (χ2v) is 4.66. The molecule has 0 amide bonds. The third kappa shape index (κ3) is 2.96. The molecular formula is C11H15BrClN. The van der Waals surface area contributed by atoms with Crippen LogP contribution in [0, 0.1) is 0 Å². The Labute approximate surface area is 99.0 Å². The van der Waals surface area contributed by atoms with E-state index in [4.69, 9.17) is 11.6 Å². The molecule has 0 aliphatic carbocycles. The fraction of sp³-hybridized carbons (Fsp3) is 0.545. The number of aromatic nitrogens is 1. The summed E-state index contributed by atoms with van der Waals surface area (Å²) < 4.78 is 1.07. The van der Waals surface area contributed by atoms with Crippen LogP contribution < -0.4 is 0 Å². The summed E-state index contributed by atoms with van der Waals surface area (Å²) in [5.41, 5.74) is 1.29. The maximum Gasteiger partial charge on any atom is 0.129 e. The van der Waals surface area contributed by atoms with Gasteiger partial charge in [-0.05, 0) is 46.3 Å². The van der Waals surface area contributed by atoms with Gasteiger partial charge in [-0.25, -0.2) is 4.98 Å². The Balaban J connectivity index is 2.96. The number of hydrogen-bond acceptors (Lipinski definition) is 1. The lowest BCUT2D eigenvalue weighted by Crippen LogP contribution is -1.98.